The minimum absolute atomic E-state index is 0.157. The Bertz CT molecular complexity index is 766. The van der Waals surface area contributed by atoms with Gasteiger partial charge in [-0.2, -0.15) is 0 Å². The van der Waals surface area contributed by atoms with E-state index in [0.717, 1.165) is 6.26 Å². The van der Waals surface area contributed by atoms with Crippen LogP contribution in [0.5, 0.6) is 0 Å². The van der Waals surface area contributed by atoms with Gasteiger partial charge in [-0.25, -0.2) is 8.42 Å². The van der Waals surface area contributed by atoms with Crippen LogP contribution in [0.1, 0.15) is 23.0 Å². The van der Waals surface area contributed by atoms with Crippen molar-refractivity contribution in [3.8, 4) is 0 Å². The zero-order valence-electron chi connectivity index (χ0n) is 12.6. The van der Waals surface area contributed by atoms with Crippen LogP contribution in [0.4, 0.5) is 0 Å². The van der Waals surface area contributed by atoms with E-state index in [4.69, 9.17) is 0 Å². The highest BCUT2D eigenvalue weighted by molar-refractivity contribution is 7.90. The minimum Gasteiger partial charge on any atom is -0.481 e. The van der Waals surface area contributed by atoms with E-state index in [2.05, 4.69) is 0 Å². The molecule has 0 saturated heterocycles. The number of hydrogen-bond acceptors (Lipinski definition) is 4. The fourth-order valence-electron chi connectivity index (χ4n) is 2.57. The SMILES string of the molecule is CS(=O)(=O)c1ccc([C@H](CO)[C@@H](C(=O)O)c2ccccc2)cc1. The van der Waals surface area contributed by atoms with Crippen molar-refractivity contribution < 1.29 is 23.4 Å². The first-order valence-corrected chi connectivity index (χ1v) is 8.92. The molecule has 0 aliphatic heterocycles. The van der Waals surface area contributed by atoms with Crippen LogP contribution in [0, 0.1) is 0 Å². The predicted molar refractivity (Wildman–Crippen MR) is 86.2 cm³/mol. The summed E-state index contributed by atoms with van der Waals surface area (Å²) in [4.78, 5) is 11.8. The Morgan fingerprint density at radius 3 is 2.00 bits per heavy atom. The summed E-state index contributed by atoms with van der Waals surface area (Å²) in [6, 6.07) is 14.6. The Hall–Kier alpha value is -2.18. The second kappa shape index (κ2) is 6.93. The summed E-state index contributed by atoms with van der Waals surface area (Å²) in [5.74, 6) is -2.61. The molecule has 6 heteroatoms. The van der Waals surface area contributed by atoms with E-state index < -0.39 is 27.6 Å². The molecule has 0 aliphatic rings. The van der Waals surface area contributed by atoms with E-state index >= 15 is 0 Å². The van der Waals surface area contributed by atoms with Crippen molar-refractivity contribution in [3.05, 3.63) is 65.7 Å². The third-order valence-electron chi connectivity index (χ3n) is 3.76. The molecule has 2 atom stereocenters. The molecular formula is C17H18O5S. The lowest BCUT2D eigenvalue weighted by Gasteiger charge is -2.23. The first kappa shape index (κ1) is 17.2. The Kier molecular flexibility index (Phi) is 5.18. The normalized spacial score (nSPS) is 14.2. The highest BCUT2D eigenvalue weighted by Crippen LogP contribution is 2.33. The summed E-state index contributed by atoms with van der Waals surface area (Å²) in [7, 11) is -3.32. The third kappa shape index (κ3) is 3.97. The molecule has 2 rings (SSSR count). The largest absolute Gasteiger partial charge is 0.481 e. The molecule has 5 nitrogen and oxygen atoms in total. The van der Waals surface area contributed by atoms with E-state index in [1.165, 1.54) is 12.1 Å². The van der Waals surface area contributed by atoms with E-state index in [1.807, 2.05) is 0 Å². The van der Waals surface area contributed by atoms with E-state index in [9.17, 15) is 23.4 Å². The van der Waals surface area contributed by atoms with Gasteiger partial charge in [0.2, 0.25) is 0 Å². The van der Waals surface area contributed by atoms with Crippen LogP contribution >= 0.6 is 0 Å². The number of aliphatic carboxylic acids is 1. The second-order valence-electron chi connectivity index (χ2n) is 5.36. The number of benzene rings is 2. The van der Waals surface area contributed by atoms with Gasteiger partial charge in [-0.1, -0.05) is 42.5 Å². The number of carboxylic acids is 1. The molecule has 0 amide bonds. The first-order valence-electron chi connectivity index (χ1n) is 7.03. The fraction of sp³-hybridized carbons (Fsp3) is 0.235. The maximum atomic E-state index is 11.7. The monoisotopic (exact) mass is 334 g/mol. The topological polar surface area (TPSA) is 91.7 Å². The van der Waals surface area contributed by atoms with Crippen LogP contribution in [0.3, 0.4) is 0 Å². The van der Waals surface area contributed by atoms with Crippen molar-refractivity contribution in [2.24, 2.45) is 0 Å². The third-order valence-corrected chi connectivity index (χ3v) is 4.89. The van der Waals surface area contributed by atoms with Gasteiger partial charge in [0, 0.05) is 12.2 Å². The minimum atomic E-state index is -3.32. The fourth-order valence-corrected chi connectivity index (χ4v) is 3.20. The van der Waals surface area contributed by atoms with Crippen molar-refractivity contribution in [1.82, 2.24) is 0 Å². The highest BCUT2D eigenvalue weighted by atomic mass is 32.2. The zero-order valence-corrected chi connectivity index (χ0v) is 13.4. The molecule has 0 saturated carbocycles. The van der Waals surface area contributed by atoms with Crippen molar-refractivity contribution in [3.63, 3.8) is 0 Å². The molecule has 122 valence electrons. The number of rotatable bonds is 6. The smallest absolute Gasteiger partial charge is 0.311 e. The molecule has 2 N–H and O–H groups in total. The summed E-state index contributed by atoms with van der Waals surface area (Å²) >= 11 is 0. The lowest BCUT2D eigenvalue weighted by Crippen LogP contribution is -2.23. The van der Waals surface area contributed by atoms with Crippen LogP contribution in [0.15, 0.2) is 59.5 Å². The molecular weight excluding hydrogens is 316 g/mol. The first-order chi connectivity index (χ1) is 10.8. The van der Waals surface area contributed by atoms with Gasteiger partial charge in [0.25, 0.3) is 0 Å². The average Bonchev–Trinajstić information content (AvgIpc) is 2.52. The van der Waals surface area contributed by atoms with Gasteiger partial charge < -0.3 is 10.2 Å². The molecule has 0 aromatic heterocycles. The van der Waals surface area contributed by atoms with Crippen LogP contribution in [-0.2, 0) is 14.6 Å². The van der Waals surface area contributed by atoms with Gasteiger partial charge in [0.05, 0.1) is 17.4 Å². The molecule has 0 fully saturated rings. The standard InChI is InChI=1S/C17H18O5S/c1-23(21,22)14-9-7-12(8-10-14)15(11-18)16(17(19)20)13-5-3-2-4-6-13/h2-10,15-16,18H,11H2,1H3,(H,19,20)/t15-,16-/m0/s1. The Morgan fingerprint density at radius 2 is 1.57 bits per heavy atom. The highest BCUT2D eigenvalue weighted by Gasteiger charge is 2.30. The van der Waals surface area contributed by atoms with Crippen LogP contribution in [-0.4, -0.2) is 37.5 Å². The molecule has 23 heavy (non-hydrogen) atoms. The lowest BCUT2D eigenvalue weighted by atomic mass is 9.82. The van der Waals surface area contributed by atoms with Gasteiger partial charge in [-0.3, -0.25) is 4.79 Å². The summed E-state index contributed by atoms with van der Waals surface area (Å²) in [6.45, 7) is -0.357. The number of sulfone groups is 1. The van der Waals surface area contributed by atoms with Gasteiger partial charge in [0.15, 0.2) is 9.84 Å². The summed E-state index contributed by atoms with van der Waals surface area (Å²) in [5, 5.41) is 19.3. The number of carbonyl (C=O) groups is 1. The van der Waals surface area contributed by atoms with Crippen molar-refractivity contribution in [2.75, 3.05) is 12.9 Å². The van der Waals surface area contributed by atoms with E-state index in [0.29, 0.717) is 11.1 Å². The quantitative estimate of drug-likeness (QED) is 0.843. The van der Waals surface area contributed by atoms with Gasteiger partial charge >= 0.3 is 5.97 Å². The zero-order chi connectivity index (χ0) is 17.0. The Balaban J connectivity index is 2.42. The second-order valence-corrected chi connectivity index (χ2v) is 7.37. The van der Waals surface area contributed by atoms with Crippen molar-refractivity contribution in [2.45, 2.75) is 16.7 Å². The molecule has 0 unspecified atom stereocenters. The lowest BCUT2D eigenvalue weighted by molar-refractivity contribution is -0.139. The molecule has 2 aromatic carbocycles. The molecule has 2 aromatic rings. The maximum Gasteiger partial charge on any atom is 0.311 e. The van der Waals surface area contributed by atoms with Crippen LogP contribution in [0.25, 0.3) is 0 Å². The summed E-state index contributed by atoms with van der Waals surface area (Å²) < 4.78 is 23.0. The predicted octanol–water partition coefficient (Wildman–Crippen LogP) is 2.03. The Morgan fingerprint density at radius 1 is 1.00 bits per heavy atom. The van der Waals surface area contributed by atoms with E-state index in [-0.39, 0.29) is 11.5 Å². The van der Waals surface area contributed by atoms with Crippen molar-refractivity contribution >= 4 is 15.8 Å². The van der Waals surface area contributed by atoms with Crippen LogP contribution in [0.2, 0.25) is 0 Å². The van der Waals surface area contributed by atoms with Gasteiger partial charge in [-0.05, 0) is 23.3 Å². The molecule has 0 spiro atoms. The van der Waals surface area contributed by atoms with Crippen LogP contribution < -0.4 is 0 Å². The summed E-state index contributed by atoms with van der Waals surface area (Å²) in [5.41, 5.74) is 1.17. The molecule has 0 heterocycles. The number of carboxylic acid groups (broad SMARTS) is 1. The molecule has 0 aliphatic carbocycles. The van der Waals surface area contributed by atoms with E-state index in [1.54, 1.807) is 42.5 Å². The molecule has 0 radical (unpaired) electrons. The van der Waals surface area contributed by atoms with Gasteiger partial charge in [0.1, 0.15) is 0 Å². The number of hydrogen-bond donors (Lipinski definition) is 2. The van der Waals surface area contributed by atoms with Gasteiger partial charge in [-0.15, -0.1) is 0 Å². The Labute approximate surface area is 135 Å². The number of aliphatic hydroxyl groups is 1. The maximum absolute atomic E-state index is 11.7. The summed E-state index contributed by atoms with van der Waals surface area (Å²) in [6.07, 6.45) is 1.11. The van der Waals surface area contributed by atoms with Crippen molar-refractivity contribution in [1.29, 1.82) is 0 Å². The average molecular weight is 334 g/mol. The molecule has 0 bridgehead atoms. The number of aliphatic hydroxyl groups excluding tert-OH is 1.